The number of aromatic amines is 2. The second kappa shape index (κ2) is 19.3. The molecule has 4 atom stereocenters. The van der Waals surface area contributed by atoms with Gasteiger partial charge >= 0.3 is 18.2 Å². The lowest BCUT2D eigenvalue weighted by atomic mass is 10.0. The first kappa shape index (κ1) is 45.7. The molecule has 2 aromatic heterocycles. The van der Waals surface area contributed by atoms with Crippen molar-refractivity contribution in [2.75, 3.05) is 34.0 Å². The molecular weight excluding hydrogens is 864 g/mol. The Morgan fingerprint density at radius 2 is 1.17 bits per heavy atom. The quantitative estimate of drug-likeness (QED) is 0.104. The van der Waals surface area contributed by atoms with Crippen LogP contribution in [0.15, 0.2) is 79.1 Å². The van der Waals surface area contributed by atoms with Crippen LogP contribution < -0.4 is 10.6 Å². The predicted molar refractivity (Wildman–Crippen MR) is 246 cm³/mol. The fraction of sp³-hybridized carbons (Fsp3) is 0.396. The third-order valence-electron chi connectivity index (χ3n) is 12.7. The van der Waals surface area contributed by atoms with Crippen LogP contribution in [0.5, 0.6) is 0 Å². The molecule has 0 bridgehead atoms. The first-order chi connectivity index (χ1) is 31.7. The summed E-state index contributed by atoms with van der Waals surface area (Å²) in [5.41, 5.74) is 7.41. The minimum absolute atomic E-state index is 0.00365. The molecule has 2 fully saturated rings. The Morgan fingerprint density at radius 3 is 1.70 bits per heavy atom. The monoisotopic (exact) mass is 918 g/mol. The molecule has 66 heavy (non-hydrogen) atoms. The molecule has 17 nitrogen and oxygen atoms in total. The number of H-pyrrole nitrogens is 2. The highest BCUT2D eigenvalue weighted by atomic mass is 35.5. The molecule has 18 heteroatoms. The van der Waals surface area contributed by atoms with Crippen LogP contribution in [-0.2, 0) is 32.2 Å². The smallest absolute Gasteiger partial charge is 0.407 e. The topological polar surface area (TPSA) is 198 Å². The first-order valence-corrected chi connectivity index (χ1v) is 22.5. The summed E-state index contributed by atoms with van der Waals surface area (Å²) < 4.78 is 9.60. The largest absolute Gasteiger partial charge is 0.453 e. The van der Waals surface area contributed by atoms with E-state index in [0.29, 0.717) is 36.3 Å². The van der Waals surface area contributed by atoms with E-state index in [1.807, 2.05) is 94.4 Å². The van der Waals surface area contributed by atoms with Gasteiger partial charge in [0.25, 0.3) is 0 Å². The second-order valence-corrected chi connectivity index (χ2v) is 18.1. The van der Waals surface area contributed by atoms with Gasteiger partial charge in [0, 0.05) is 24.7 Å². The minimum atomic E-state index is -0.900. The van der Waals surface area contributed by atoms with E-state index in [2.05, 4.69) is 25.6 Å². The maximum absolute atomic E-state index is 14.3. The molecule has 0 unspecified atom stereocenters. The molecule has 0 saturated carbocycles. The van der Waals surface area contributed by atoms with Gasteiger partial charge in [-0.3, -0.25) is 9.59 Å². The fourth-order valence-corrected chi connectivity index (χ4v) is 9.20. The van der Waals surface area contributed by atoms with Crippen molar-refractivity contribution >= 4 is 41.6 Å². The van der Waals surface area contributed by atoms with Crippen molar-refractivity contribution in [3.63, 3.8) is 0 Å². The highest BCUT2D eigenvalue weighted by molar-refractivity contribution is 6.30. The Morgan fingerprint density at radius 1 is 0.667 bits per heavy atom. The zero-order valence-electron chi connectivity index (χ0n) is 37.8. The van der Waals surface area contributed by atoms with Crippen LogP contribution in [-0.4, -0.2) is 116 Å². The summed E-state index contributed by atoms with van der Waals surface area (Å²) in [5.74, 6) is 0.303. The third kappa shape index (κ3) is 9.43. The van der Waals surface area contributed by atoms with Gasteiger partial charge in [0.1, 0.15) is 29.8 Å². The lowest BCUT2D eigenvalue weighted by Crippen LogP contribution is -2.52. The number of hydrogen-bond acceptors (Lipinski definition) is 9. The number of carbonyl (C=O) groups excluding carboxylic acids is 5. The number of nitrogens with one attached hydrogen (secondary N) is 4. The van der Waals surface area contributed by atoms with Gasteiger partial charge in [-0.1, -0.05) is 93.9 Å². The average molecular weight is 919 g/mol. The van der Waals surface area contributed by atoms with Crippen molar-refractivity contribution in [1.29, 1.82) is 0 Å². The molecule has 8 rings (SSSR count). The Kier molecular flexibility index (Phi) is 13.4. The average Bonchev–Trinajstić information content (AvgIpc) is 4.18. The lowest BCUT2D eigenvalue weighted by Gasteiger charge is -2.30. The molecule has 0 radical (unpaired) electrons. The van der Waals surface area contributed by atoms with Gasteiger partial charge in [0.05, 0.1) is 57.3 Å². The van der Waals surface area contributed by atoms with Crippen LogP contribution in [0.25, 0.3) is 33.6 Å². The van der Waals surface area contributed by atoms with E-state index >= 15 is 0 Å². The van der Waals surface area contributed by atoms with Crippen LogP contribution in [0.2, 0.25) is 5.02 Å². The summed E-state index contributed by atoms with van der Waals surface area (Å²) in [5, 5.41) is 5.98. The summed E-state index contributed by atoms with van der Waals surface area (Å²) in [7, 11) is 2.53. The van der Waals surface area contributed by atoms with E-state index in [1.165, 1.54) is 14.2 Å². The molecule has 3 aromatic carbocycles. The summed E-state index contributed by atoms with van der Waals surface area (Å²) >= 11 is 6.25. The number of carbonyl (C=O) groups is 5. The Hall–Kier alpha value is -6.88. The van der Waals surface area contributed by atoms with Gasteiger partial charge in [-0.25, -0.2) is 24.4 Å². The van der Waals surface area contributed by atoms with Gasteiger partial charge in [-0.05, 0) is 70.2 Å². The van der Waals surface area contributed by atoms with Crippen LogP contribution in [0, 0.1) is 11.8 Å². The number of amides is 6. The van der Waals surface area contributed by atoms with Crippen molar-refractivity contribution < 1.29 is 33.4 Å². The summed E-state index contributed by atoms with van der Waals surface area (Å²) in [6.45, 7) is 9.06. The number of urea groups is 1. The molecule has 2 saturated heterocycles. The number of methoxy groups -OCH3 is 2. The molecule has 5 heterocycles. The number of aromatic nitrogens is 4. The minimum Gasteiger partial charge on any atom is -0.453 e. The number of imidazole rings is 2. The zero-order valence-corrected chi connectivity index (χ0v) is 38.6. The molecule has 0 aliphatic carbocycles. The first-order valence-electron chi connectivity index (χ1n) is 22.1. The van der Waals surface area contributed by atoms with E-state index in [9.17, 15) is 24.0 Å². The van der Waals surface area contributed by atoms with Gasteiger partial charge in [-0.2, -0.15) is 0 Å². The van der Waals surface area contributed by atoms with Crippen molar-refractivity contribution in [3.8, 4) is 33.6 Å². The summed E-state index contributed by atoms with van der Waals surface area (Å²) in [6, 6.07) is 19.1. The zero-order chi connectivity index (χ0) is 46.8. The molecule has 0 spiro atoms. The summed E-state index contributed by atoms with van der Waals surface area (Å²) in [6.07, 6.45) is 3.73. The normalized spacial score (nSPS) is 17.8. The molecule has 3 aliphatic heterocycles. The van der Waals surface area contributed by atoms with Crippen molar-refractivity contribution in [1.82, 2.24) is 50.2 Å². The number of benzene rings is 3. The molecular formula is C48H55ClN10O7. The van der Waals surface area contributed by atoms with Gasteiger partial charge in [0.15, 0.2) is 0 Å². The third-order valence-corrected chi connectivity index (χ3v) is 12.9. The fourth-order valence-electron chi connectivity index (χ4n) is 9.00. The van der Waals surface area contributed by atoms with E-state index in [4.69, 9.17) is 26.1 Å². The number of rotatable bonds is 11. The van der Waals surface area contributed by atoms with Gasteiger partial charge in [0.2, 0.25) is 11.8 Å². The summed E-state index contributed by atoms with van der Waals surface area (Å²) in [4.78, 5) is 89.3. The molecule has 4 N–H and O–H groups in total. The number of alkyl carbamates (subject to hydrolysis) is 2. The van der Waals surface area contributed by atoms with Crippen molar-refractivity contribution in [3.05, 3.63) is 107 Å². The molecule has 6 amide bonds. The van der Waals surface area contributed by atoms with E-state index in [1.54, 1.807) is 32.0 Å². The second-order valence-electron chi connectivity index (χ2n) is 17.7. The Bertz CT molecular complexity index is 2590. The maximum atomic E-state index is 14.3. The Balaban J connectivity index is 0.959. The molecule has 346 valence electrons. The number of fused-ring (bicyclic) bond motifs is 1. The van der Waals surface area contributed by atoms with Gasteiger partial charge in [-0.15, -0.1) is 0 Å². The van der Waals surface area contributed by atoms with E-state index in [0.717, 1.165) is 57.6 Å². The number of ether oxygens (including phenoxy) is 2. The molecule has 5 aromatic rings. The van der Waals surface area contributed by atoms with Crippen molar-refractivity contribution in [2.45, 2.75) is 77.8 Å². The highest BCUT2D eigenvalue weighted by Crippen LogP contribution is 2.35. The number of likely N-dealkylation sites (tertiary alicyclic amines) is 1. The molecule has 3 aliphatic rings. The lowest BCUT2D eigenvalue weighted by molar-refractivity contribution is -0.136. The standard InChI is InChI=1S/C48H55ClN10O7/c1-27(2)40(54-46(62)65-5)44(60)58-19-7-8-38(58)42-50-21-36(52-42)31-13-9-29(10-14-31)30-11-15-32(16-12-30)37-22-51-43(53-37)39-25-57(26-59(39)45(61)41(28(3)4)55-47(63)66-6)48(64)56-23-33-17-18-35(49)20-34(33)24-56/h9-18,20-22,27-28,38-41H,7-8,19,23-26H2,1-6H3,(H,50,52)(H,51,53)(H,54,62)(H,55,63)/t38-,39-,40-,41-/m0/s1. The van der Waals surface area contributed by atoms with Crippen LogP contribution in [0.3, 0.4) is 0 Å². The van der Waals surface area contributed by atoms with Crippen molar-refractivity contribution in [2.24, 2.45) is 11.8 Å². The Labute approximate surface area is 388 Å². The maximum Gasteiger partial charge on any atom is 0.407 e. The van der Waals surface area contributed by atoms with Crippen LogP contribution in [0.4, 0.5) is 14.4 Å². The van der Waals surface area contributed by atoms with Gasteiger partial charge < -0.3 is 49.7 Å². The van der Waals surface area contributed by atoms with Crippen LogP contribution in [0.1, 0.15) is 75.4 Å². The SMILES string of the molecule is COC(=O)N[C@H](C(=O)N1CCC[C@H]1c1ncc(-c2ccc(-c3ccc(-c4cnc([C@@H]5CN(C(=O)N6Cc7ccc(Cl)cc7C6)CN5C(=O)[C@@H](NC(=O)OC)C(C)C)[nH]4)cc3)cc2)[nH]1)C(C)C. The number of nitrogens with zero attached hydrogens (tertiary/aromatic N) is 6. The predicted octanol–water partition coefficient (Wildman–Crippen LogP) is 7.49. The highest BCUT2D eigenvalue weighted by Gasteiger charge is 2.44. The van der Waals surface area contributed by atoms with E-state index in [-0.39, 0.29) is 48.9 Å². The van der Waals surface area contributed by atoms with Crippen LogP contribution >= 0.6 is 11.6 Å². The number of hydrogen-bond donors (Lipinski definition) is 4. The van der Waals surface area contributed by atoms with E-state index < -0.39 is 30.3 Å². The number of halogens is 1.